The van der Waals surface area contributed by atoms with Crippen LogP contribution in [0.25, 0.3) is 0 Å². The number of nitrogen functional groups attached to an aromatic ring is 1. The van der Waals surface area contributed by atoms with Crippen LogP contribution in [0.5, 0.6) is 11.5 Å². The Morgan fingerprint density at radius 2 is 2.24 bits per heavy atom. The molecule has 1 heterocycles. The van der Waals surface area contributed by atoms with Gasteiger partial charge in [0.15, 0.2) is 0 Å². The lowest BCUT2D eigenvalue weighted by Gasteiger charge is -2.14. The van der Waals surface area contributed by atoms with Crippen LogP contribution in [0.15, 0.2) is 35.1 Å². The number of rotatable bonds is 4. The molecule has 0 aliphatic heterocycles. The summed E-state index contributed by atoms with van der Waals surface area (Å²) in [4.78, 5) is 16.1. The quantitative estimate of drug-likeness (QED) is 0.806. The van der Waals surface area contributed by atoms with Crippen molar-refractivity contribution >= 4 is 39.1 Å². The van der Waals surface area contributed by atoms with Crippen LogP contribution >= 0.6 is 27.5 Å². The number of aromatic nitrogens is 1. The van der Waals surface area contributed by atoms with Gasteiger partial charge in [-0.25, -0.2) is 0 Å². The molecule has 21 heavy (non-hydrogen) atoms. The predicted octanol–water partition coefficient (Wildman–Crippen LogP) is 3.62. The normalized spacial score (nSPS) is 10.2. The van der Waals surface area contributed by atoms with Crippen molar-refractivity contribution in [1.29, 1.82) is 0 Å². The number of halogens is 2. The van der Waals surface area contributed by atoms with E-state index in [0.717, 1.165) is 0 Å². The van der Waals surface area contributed by atoms with Gasteiger partial charge in [-0.15, -0.1) is 0 Å². The Labute approximate surface area is 135 Å². The molecule has 1 amide bonds. The van der Waals surface area contributed by atoms with Gasteiger partial charge in [0.25, 0.3) is 5.91 Å². The minimum absolute atomic E-state index is 0.276. The third-order valence-electron chi connectivity index (χ3n) is 2.61. The number of carbonyl (C=O) groups excluding carboxylic acids is 1. The number of hydrogen-bond acceptors (Lipinski definition) is 4. The first-order valence-corrected chi connectivity index (χ1v) is 7.34. The van der Waals surface area contributed by atoms with Crippen LogP contribution in [0, 0.1) is 0 Å². The number of pyridine rings is 1. The summed E-state index contributed by atoms with van der Waals surface area (Å²) in [5, 5.41) is 3.17. The molecule has 0 fully saturated rings. The molecule has 0 radical (unpaired) electrons. The molecule has 2 aromatic rings. The molecule has 0 aliphatic rings. The van der Waals surface area contributed by atoms with Gasteiger partial charge in [0, 0.05) is 24.5 Å². The standard InChI is InChI=1S/C14H13BrClN3O2/c1-2-19-14(20)12-11(4-3-10(17)13(12)15)21-9-5-8(16)6-18-7-9/h3-7H,2,17H2,1H3,(H,19,20). The van der Waals surface area contributed by atoms with Crippen molar-refractivity contribution in [2.24, 2.45) is 0 Å². The number of anilines is 1. The number of nitrogens with one attached hydrogen (secondary N) is 1. The van der Waals surface area contributed by atoms with Crippen molar-refractivity contribution in [3.8, 4) is 11.5 Å². The molecule has 110 valence electrons. The Kier molecular flexibility index (Phi) is 5.03. The summed E-state index contributed by atoms with van der Waals surface area (Å²) in [7, 11) is 0. The van der Waals surface area contributed by atoms with E-state index in [0.29, 0.717) is 38.8 Å². The molecule has 0 aliphatic carbocycles. The lowest BCUT2D eigenvalue weighted by Crippen LogP contribution is -2.24. The maximum Gasteiger partial charge on any atom is 0.256 e. The molecule has 0 spiro atoms. The fourth-order valence-corrected chi connectivity index (χ4v) is 2.37. The van der Waals surface area contributed by atoms with E-state index in [1.54, 1.807) is 18.2 Å². The molecule has 2 rings (SSSR count). The fraction of sp³-hybridized carbons (Fsp3) is 0.143. The van der Waals surface area contributed by atoms with E-state index >= 15 is 0 Å². The summed E-state index contributed by atoms with van der Waals surface area (Å²) in [6.45, 7) is 2.33. The highest BCUT2D eigenvalue weighted by molar-refractivity contribution is 9.10. The average Bonchev–Trinajstić information content (AvgIpc) is 2.43. The van der Waals surface area contributed by atoms with Crippen LogP contribution in [0.4, 0.5) is 5.69 Å². The third-order valence-corrected chi connectivity index (χ3v) is 3.67. The van der Waals surface area contributed by atoms with Crippen LogP contribution in [0.2, 0.25) is 5.02 Å². The highest BCUT2D eigenvalue weighted by atomic mass is 79.9. The summed E-state index contributed by atoms with van der Waals surface area (Å²) < 4.78 is 6.19. The lowest BCUT2D eigenvalue weighted by molar-refractivity contribution is 0.0953. The molecule has 3 N–H and O–H groups in total. The highest BCUT2D eigenvalue weighted by Crippen LogP contribution is 2.34. The van der Waals surface area contributed by atoms with E-state index < -0.39 is 0 Å². The van der Waals surface area contributed by atoms with Crippen LogP contribution in [-0.2, 0) is 0 Å². The van der Waals surface area contributed by atoms with Crippen molar-refractivity contribution < 1.29 is 9.53 Å². The van der Waals surface area contributed by atoms with E-state index in [4.69, 9.17) is 22.1 Å². The maximum absolute atomic E-state index is 12.2. The summed E-state index contributed by atoms with van der Waals surface area (Å²) in [5.74, 6) is 0.525. The van der Waals surface area contributed by atoms with Gasteiger partial charge in [-0.1, -0.05) is 11.6 Å². The van der Waals surface area contributed by atoms with Gasteiger partial charge >= 0.3 is 0 Å². The second-order valence-electron chi connectivity index (χ2n) is 4.14. The summed E-state index contributed by atoms with van der Waals surface area (Å²) in [6, 6.07) is 4.89. The first kappa shape index (κ1) is 15.6. The number of nitrogens with zero attached hydrogens (tertiary/aromatic N) is 1. The van der Waals surface area contributed by atoms with Crippen molar-refractivity contribution in [1.82, 2.24) is 10.3 Å². The van der Waals surface area contributed by atoms with E-state index in [9.17, 15) is 4.79 Å². The first-order chi connectivity index (χ1) is 10.0. The van der Waals surface area contributed by atoms with Crippen molar-refractivity contribution in [2.75, 3.05) is 12.3 Å². The number of hydrogen-bond donors (Lipinski definition) is 2. The van der Waals surface area contributed by atoms with Gasteiger partial charge in [-0.3, -0.25) is 9.78 Å². The molecule has 0 atom stereocenters. The van der Waals surface area contributed by atoms with E-state index in [2.05, 4.69) is 26.2 Å². The molecule has 1 aromatic carbocycles. The van der Waals surface area contributed by atoms with Gasteiger partial charge in [-0.05, 0) is 35.0 Å². The van der Waals surface area contributed by atoms with E-state index in [-0.39, 0.29) is 5.91 Å². The van der Waals surface area contributed by atoms with Gasteiger partial charge in [0.2, 0.25) is 0 Å². The highest BCUT2D eigenvalue weighted by Gasteiger charge is 2.19. The Hall–Kier alpha value is -1.79. The Morgan fingerprint density at radius 3 is 2.90 bits per heavy atom. The number of carbonyl (C=O) groups is 1. The van der Waals surface area contributed by atoms with Crippen molar-refractivity contribution in [2.45, 2.75) is 6.92 Å². The number of amides is 1. The van der Waals surface area contributed by atoms with Gasteiger partial charge in [0.1, 0.15) is 11.5 Å². The minimum Gasteiger partial charge on any atom is -0.455 e. The zero-order chi connectivity index (χ0) is 15.4. The van der Waals surface area contributed by atoms with Crippen LogP contribution in [0.1, 0.15) is 17.3 Å². The topological polar surface area (TPSA) is 77.2 Å². The lowest BCUT2D eigenvalue weighted by atomic mass is 10.1. The van der Waals surface area contributed by atoms with Crippen LogP contribution in [-0.4, -0.2) is 17.4 Å². The number of nitrogens with two attached hydrogens (primary N) is 1. The summed E-state index contributed by atoms with van der Waals surface area (Å²) in [5.41, 5.74) is 6.61. The molecule has 0 saturated carbocycles. The van der Waals surface area contributed by atoms with Crippen LogP contribution < -0.4 is 15.8 Å². The van der Waals surface area contributed by atoms with E-state index in [1.165, 1.54) is 12.4 Å². The number of ether oxygens (including phenoxy) is 1. The maximum atomic E-state index is 12.2. The minimum atomic E-state index is -0.276. The Morgan fingerprint density at radius 1 is 1.48 bits per heavy atom. The zero-order valence-electron chi connectivity index (χ0n) is 11.2. The number of benzene rings is 1. The molecular formula is C14H13BrClN3O2. The summed E-state index contributed by atoms with van der Waals surface area (Å²) >= 11 is 9.19. The smallest absolute Gasteiger partial charge is 0.256 e. The Bertz CT molecular complexity index is 679. The molecular weight excluding hydrogens is 358 g/mol. The molecule has 0 saturated heterocycles. The molecule has 0 unspecified atom stereocenters. The predicted molar refractivity (Wildman–Crippen MR) is 85.9 cm³/mol. The largest absolute Gasteiger partial charge is 0.455 e. The zero-order valence-corrected chi connectivity index (χ0v) is 13.5. The second-order valence-corrected chi connectivity index (χ2v) is 5.37. The monoisotopic (exact) mass is 369 g/mol. The first-order valence-electron chi connectivity index (χ1n) is 6.17. The molecule has 7 heteroatoms. The van der Waals surface area contributed by atoms with Gasteiger partial charge in [-0.2, -0.15) is 0 Å². The Balaban J connectivity index is 2.43. The molecule has 5 nitrogen and oxygen atoms in total. The van der Waals surface area contributed by atoms with Crippen molar-refractivity contribution in [3.05, 3.63) is 45.7 Å². The molecule has 1 aromatic heterocycles. The summed E-state index contributed by atoms with van der Waals surface area (Å²) in [6.07, 6.45) is 3.01. The van der Waals surface area contributed by atoms with Crippen LogP contribution in [0.3, 0.4) is 0 Å². The average molecular weight is 371 g/mol. The van der Waals surface area contributed by atoms with Gasteiger partial charge < -0.3 is 15.8 Å². The van der Waals surface area contributed by atoms with E-state index in [1.807, 2.05) is 6.92 Å². The second kappa shape index (κ2) is 6.78. The SMILES string of the molecule is CCNC(=O)c1c(Oc2cncc(Cl)c2)ccc(N)c1Br. The fourth-order valence-electron chi connectivity index (χ4n) is 1.70. The van der Waals surface area contributed by atoms with Gasteiger partial charge in [0.05, 0.1) is 21.3 Å². The van der Waals surface area contributed by atoms with Crippen molar-refractivity contribution in [3.63, 3.8) is 0 Å². The molecule has 0 bridgehead atoms. The third kappa shape index (κ3) is 3.65.